The van der Waals surface area contributed by atoms with E-state index in [1.54, 1.807) is 13.8 Å². The Hall–Kier alpha value is -1.80. The molecular weight excluding hydrogens is 214 g/mol. The van der Waals surface area contributed by atoms with Gasteiger partial charge in [-0.3, -0.25) is 4.84 Å². The van der Waals surface area contributed by atoms with Crippen molar-refractivity contribution in [2.45, 2.75) is 25.7 Å². The number of aliphatic carboxylic acids is 1. The van der Waals surface area contributed by atoms with E-state index in [1.165, 1.54) is 5.94 Å². The molecule has 1 aliphatic heterocycles. The number of hydrogen-bond acceptors (Lipinski definition) is 5. The van der Waals surface area contributed by atoms with Crippen LogP contribution in [0, 0.1) is 12.3 Å². The Balaban J connectivity index is 3.01. The Morgan fingerprint density at radius 1 is 1.75 bits per heavy atom. The maximum absolute atomic E-state index is 10.8. The third kappa shape index (κ3) is 2.07. The highest BCUT2D eigenvalue weighted by atomic mass is 16.7. The summed E-state index contributed by atoms with van der Waals surface area (Å²) in [6.45, 7) is 3.03. The molecule has 6 heteroatoms. The minimum Gasteiger partial charge on any atom is -0.479 e. The van der Waals surface area contributed by atoms with Crippen LogP contribution in [0.4, 0.5) is 0 Å². The SMILES string of the molecule is C#CCON1C(=C=O)C(C(=O)O)OC1(C)C. The van der Waals surface area contributed by atoms with Crippen LogP contribution in [0.25, 0.3) is 0 Å². The number of ether oxygens (including phenoxy) is 1. The van der Waals surface area contributed by atoms with E-state index in [9.17, 15) is 9.59 Å². The molecule has 1 aliphatic rings. The molecule has 1 atom stereocenters. The zero-order valence-corrected chi connectivity index (χ0v) is 8.89. The van der Waals surface area contributed by atoms with Crippen molar-refractivity contribution in [2.24, 2.45) is 0 Å². The second-order valence-electron chi connectivity index (χ2n) is 3.54. The van der Waals surface area contributed by atoms with Crippen molar-refractivity contribution in [2.75, 3.05) is 6.61 Å². The number of hydrogen-bond donors (Lipinski definition) is 1. The molecule has 0 aliphatic carbocycles. The molecule has 86 valence electrons. The predicted molar refractivity (Wildman–Crippen MR) is 52.4 cm³/mol. The van der Waals surface area contributed by atoms with Crippen molar-refractivity contribution < 1.29 is 24.3 Å². The largest absolute Gasteiger partial charge is 0.479 e. The van der Waals surface area contributed by atoms with Gasteiger partial charge in [-0.05, 0) is 13.8 Å². The standard InChI is InChI=1S/C10H11NO5/c1-4-5-15-11-7(6-12)8(9(13)14)16-10(11,2)3/h1,8H,5H2,2-3H3,(H,13,14). The van der Waals surface area contributed by atoms with Gasteiger partial charge in [-0.2, -0.15) is 0 Å². The van der Waals surface area contributed by atoms with Crippen LogP contribution in [-0.4, -0.2) is 40.5 Å². The molecule has 6 nitrogen and oxygen atoms in total. The van der Waals surface area contributed by atoms with E-state index in [2.05, 4.69) is 5.92 Å². The lowest BCUT2D eigenvalue weighted by Gasteiger charge is -2.28. The first-order chi connectivity index (χ1) is 7.44. The van der Waals surface area contributed by atoms with Crippen LogP contribution in [0.5, 0.6) is 0 Å². The van der Waals surface area contributed by atoms with Crippen LogP contribution in [-0.2, 0) is 19.2 Å². The molecule has 0 spiro atoms. The minimum atomic E-state index is -1.38. The number of hydroxylamine groups is 2. The summed E-state index contributed by atoms with van der Waals surface area (Å²) in [5, 5.41) is 9.88. The molecule has 0 amide bonds. The molecule has 1 saturated heterocycles. The quantitative estimate of drug-likeness (QED) is 0.529. The Morgan fingerprint density at radius 3 is 2.81 bits per heavy atom. The molecular formula is C10H11NO5. The molecule has 0 aromatic rings. The Kier molecular flexibility index (Phi) is 3.35. The maximum Gasteiger partial charge on any atom is 0.340 e. The van der Waals surface area contributed by atoms with Crippen LogP contribution < -0.4 is 0 Å². The Morgan fingerprint density at radius 2 is 2.38 bits per heavy atom. The average Bonchev–Trinajstić information content (AvgIpc) is 2.46. The monoisotopic (exact) mass is 225 g/mol. The molecule has 0 radical (unpaired) electrons. The molecule has 0 aromatic heterocycles. The molecule has 0 bridgehead atoms. The number of carbonyl (C=O) groups is 1. The van der Waals surface area contributed by atoms with Gasteiger partial charge in [0.05, 0.1) is 0 Å². The van der Waals surface area contributed by atoms with E-state index >= 15 is 0 Å². The molecule has 1 heterocycles. The first kappa shape index (κ1) is 12.3. The molecule has 1 rings (SSSR count). The molecule has 0 aromatic carbocycles. The van der Waals surface area contributed by atoms with Gasteiger partial charge in [-0.25, -0.2) is 14.7 Å². The second-order valence-corrected chi connectivity index (χ2v) is 3.54. The van der Waals surface area contributed by atoms with Crippen LogP contribution in [0.1, 0.15) is 13.8 Å². The summed E-state index contributed by atoms with van der Waals surface area (Å²) in [4.78, 5) is 26.6. The number of carbonyl (C=O) groups excluding carboxylic acids is 1. The lowest BCUT2D eigenvalue weighted by Crippen LogP contribution is -2.38. The molecule has 1 unspecified atom stereocenters. The number of nitrogens with zero attached hydrogens (tertiary/aromatic N) is 1. The van der Waals surface area contributed by atoms with Gasteiger partial charge in [0.25, 0.3) is 0 Å². The summed E-state index contributed by atoms with van der Waals surface area (Å²) in [6.07, 6.45) is 3.63. The van der Waals surface area contributed by atoms with E-state index in [1.807, 2.05) is 0 Å². The summed E-state index contributed by atoms with van der Waals surface area (Å²) in [6, 6.07) is 0. The summed E-state index contributed by atoms with van der Waals surface area (Å²) in [7, 11) is 0. The Labute approximate surface area is 92.4 Å². The topological polar surface area (TPSA) is 76.1 Å². The number of carboxylic acid groups (broad SMARTS) is 1. The fourth-order valence-corrected chi connectivity index (χ4v) is 1.38. The van der Waals surface area contributed by atoms with Gasteiger partial charge in [-0.15, -0.1) is 6.42 Å². The van der Waals surface area contributed by atoms with Crippen LogP contribution in [0.3, 0.4) is 0 Å². The van der Waals surface area contributed by atoms with Gasteiger partial charge in [0, 0.05) is 0 Å². The second kappa shape index (κ2) is 4.37. The van der Waals surface area contributed by atoms with Crippen LogP contribution in [0.15, 0.2) is 5.70 Å². The Bertz CT molecular complexity index is 389. The number of carboxylic acids is 1. The van der Waals surface area contributed by atoms with Crippen molar-refractivity contribution in [1.82, 2.24) is 5.06 Å². The predicted octanol–water partition coefficient (Wildman–Crippen LogP) is -0.212. The van der Waals surface area contributed by atoms with Gasteiger partial charge < -0.3 is 9.84 Å². The van der Waals surface area contributed by atoms with Gasteiger partial charge >= 0.3 is 5.97 Å². The summed E-state index contributed by atoms with van der Waals surface area (Å²) >= 11 is 0. The highest BCUT2D eigenvalue weighted by Crippen LogP contribution is 2.33. The van der Waals surface area contributed by atoms with Gasteiger partial charge in [0.1, 0.15) is 6.61 Å². The summed E-state index contributed by atoms with van der Waals surface area (Å²) in [5.74, 6) is 2.43. The van der Waals surface area contributed by atoms with Crippen molar-refractivity contribution in [3.8, 4) is 12.3 Å². The van der Waals surface area contributed by atoms with Gasteiger partial charge in [-0.1, -0.05) is 5.92 Å². The van der Waals surface area contributed by atoms with Gasteiger partial charge in [0.15, 0.2) is 17.4 Å². The molecule has 1 N–H and O–H groups in total. The van der Waals surface area contributed by atoms with Crippen molar-refractivity contribution in [3.05, 3.63) is 5.70 Å². The molecule has 1 fully saturated rings. The van der Waals surface area contributed by atoms with Gasteiger partial charge in [0.2, 0.25) is 6.10 Å². The summed E-state index contributed by atoms with van der Waals surface area (Å²) < 4.78 is 5.16. The number of terminal acetylenes is 1. The zero-order chi connectivity index (χ0) is 12.3. The third-order valence-corrected chi connectivity index (χ3v) is 1.97. The fourth-order valence-electron chi connectivity index (χ4n) is 1.38. The first-order valence-electron chi connectivity index (χ1n) is 4.46. The van der Waals surface area contributed by atoms with E-state index in [-0.39, 0.29) is 12.3 Å². The average molecular weight is 225 g/mol. The van der Waals surface area contributed by atoms with Crippen molar-refractivity contribution in [3.63, 3.8) is 0 Å². The highest BCUT2D eigenvalue weighted by molar-refractivity contribution is 5.80. The first-order valence-corrected chi connectivity index (χ1v) is 4.46. The van der Waals surface area contributed by atoms with E-state index < -0.39 is 17.8 Å². The minimum absolute atomic E-state index is 0.0929. The highest BCUT2D eigenvalue weighted by Gasteiger charge is 2.48. The smallest absolute Gasteiger partial charge is 0.340 e. The molecule has 16 heavy (non-hydrogen) atoms. The van der Waals surface area contributed by atoms with Crippen molar-refractivity contribution >= 4 is 11.9 Å². The summed E-state index contributed by atoms with van der Waals surface area (Å²) in [5.41, 5.74) is -1.31. The van der Waals surface area contributed by atoms with Crippen LogP contribution >= 0.6 is 0 Å². The maximum atomic E-state index is 10.8. The van der Waals surface area contributed by atoms with Crippen molar-refractivity contribution in [1.29, 1.82) is 0 Å². The molecule has 0 saturated carbocycles. The lowest BCUT2D eigenvalue weighted by atomic mass is 10.3. The third-order valence-electron chi connectivity index (χ3n) is 1.97. The van der Waals surface area contributed by atoms with E-state index in [0.717, 1.165) is 5.06 Å². The van der Waals surface area contributed by atoms with E-state index in [0.29, 0.717) is 0 Å². The lowest BCUT2D eigenvalue weighted by molar-refractivity contribution is -0.228. The number of rotatable bonds is 3. The zero-order valence-electron chi connectivity index (χ0n) is 8.89. The normalized spacial score (nSPS) is 22.7. The van der Waals surface area contributed by atoms with Crippen LogP contribution in [0.2, 0.25) is 0 Å². The fraction of sp³-hybridized carbons (Fsp3) is 0.500. The van der Waals surface area contributed by atoms with E-state index in [4.69, 9.17) is 21.1 Å².